The highest BCUT2D eigenvalue weighted by Crippen LogP contribution is 2.24. The van der Waals surface area contributed by atoms with Gasteiger partial charge in [0.05, 0.1) is 0 Å². The molecule has 15 heavy (non-hydrogen) atoms. The molecule has 0 spiro atoms. The summed E-state index contributed by atoms with van der Waals surface area (Å²) in [6.07, 6.45) is 0. The van der Waals surface area contributed by atoms with Crippen molar-refractivity contribution in [2.45, 2.75) is 33.1 Å². The van der Waals surface area contributed by atoms with Crippen LogP contribution in [0.1, 0.15) is 31.9 Å². The van der Waals surface area contributed by atoms with Gasteiger partial charge >= 0.3 is 0 Å². The standard InChI is InChI=1S/C13H22P2/c1-9-11(14-5)7-10(13(2,3)4)8-12(9)15-6/h7-8,14-15H,1-6H3. The first kappa shape index (κ1) is 13.1. The van der Waals surface area contributed by atoms with Crippen LogP contribution in [0, 0.1) is 6.92 Å². The molecule has 0 aliphatic rings. The van der Waals surface area contributed by atoms with Gasteiger partial charge in [-0.25, -0.2) is 0 Å². The highest BCUT2D eigenvalue weighted by molar-refractivity contribution is 7.48. The van der Waals surface area contributed by atoms with Gasteiger partial charge in [-0.3, -0.25) is 0 Å². The summed E-state index contributed by atoms with van der Waals surface area (Å²) in [5.41, 5.74) is 3.28. The molecule has 2 unspecified atom stereocenters. The van der Waals surface area contributed by atoms with Crippen LogP contribution in [-0.4, -0.2) is 13.3 Å². The Morgan fingerprint density at radius 2 is 1.33 bits per heavy atom. The Kier molecular flexibility index (Phi) is 4.33. The predicted octanol–water partition coefficient (Wildman–Crippen LogP) is 3.16. The molecule has 0 N–H and O–H groups in total. The Labute approximate surface area is 97.8 Å². The highest BCUT2D eigenvalue weighted by Gasteiger charge is 2.16. The summed E-state index contributed by atoms with van der Waals surface area (Å²) in [7, 11) is 1.82. The maximum absolute atomic E-state index is 2.40. The van der Waals surface area contributed by atoms with E-state index in [1.807, 2.05) is 0 Å². The van der Waals surface area contributed by atoms with Crippen LogP contribution in [-0.2, 0) is 5.41 Å². The minimum absolute atomic E-state index is 0.274. The second-order valence-corrected chi connectivity index (χ2v) is 7.02. The Balaban J connectivity index is 3.33. The SMILES string of the molecule is CPc1cc(C(C)(C)C)cc(PC)c1C. The van der Waals surface area contributed by atoms with E-state index in [-0.39, 0.29) is 5.41 Å². The van der Waals surface area contributed by atoms with Crippen LogP contribution in [0.5, 0.6) is 0 Å². The van der Waals surface area contributed by atoms with Gasteiger partial charge in [0, 0.05) is 0 Å². The lowest BCUT2D eigenvalue weighted by Gasteiger charge is -2.22. The zero-order valence-corrected chi connectivity index (χ0v) is 12.7. The molecule has 1 rings (SSSR count). The molecule has 0 fully saturated rings. The Morgan fingerprint density at radius 1 is 0.933 bits per heavy atom. The zero-order valence-electron chi connectivity index (χ0n) is 10.7. The molecule has 0 aromatic heterocycles. The van der Waals surface area contributed by atoms with E-state index in [9.17, 15) is 0 Å². The van der Waals surface area contributed by atoms with Crippen LogP contribution in [0.3, 0.4) is 0 Å². The van der Waals surface area contributed by atoms with Crippen molar-refractivity contribution in [3.63, 3.8) is 0 Å². The van der Waals surface area contributed by atoms with Gasteiger partial charge in [0.2, 0.25) is 0 Å². The van der Waals surface area contributed by atoms with Gasteiger partial charge in [-0.2, -0.15) is 0 Å². The van der Waals surface area contributed by atoms with Crippen molar-refractivity contribution in [2.75, 3.05) is 13.3 Å². The fourth-order valence-electron chi connectivity index (χ4n) is 1.67. The predicted molar refractivity (Wildman–Crippen MR) is 77.6 cm³/mol. The Morgan fingerprint density at radius 3 is 1.60 bits per heavy atom. The summed E-state index contributed by atoms with van der Waals surface area (Å²) >= 11 is 0. The maximum atomic E-state index is 2.40. The van der Waals surface area contributed by atoms with E-state index in [0.29, 0.717) is 0 Å². The van der Waals surface area contributed by atoms with Crippen molar-refractivity contribution >= 4 is 27.8 Å². The van der Waals surface area contributed by atoms with Gasteiger partial charge in [-0.05, 0) is 47.4 Å². The molecule has 0 bridgehead atoms. The monoisotopic (exact) mass is 240 g/mol. The van der Waals surface area contributed by atoms with Crippen molar-refractivity contribution < 1.29 is 0 Å². The van der Waals surface area contributed by atoms with Gasteiger partial charge in [0.25, 0.3) is 0 Å². The molecular formula is C13H22P2. The molecule has 0 aliphatic heterocycles. The summed E-state index contributed by atoms with van der Waals surface area (Å²) in [5.74, 6) is 0. The third-order valence-corrected chi connectivity index (χ3v) is 4.93. The molecule has 84 valence electrons. The first-order valence-electron chi connectivity index (χ1n) is 5.40. The number of benzene rings is 1. The van der Waals surface area contributed by atoms with Gasteiger partial charge in [0.15, 0.2) is 0 Å². The van der Waals surface area contributed by atoms with Crippen molar-refractivity contribution in [3.8, 4) is 0 Å². The van der Waals surface area contributed by atoms with Crippen LogP contribution >= 0.6 is 17.2 Å². The molecule has 0 aliphatic carbocycles. The summed E-state index contributed by atoms with van der Waals surface area (Å²) in [6, 6.07) is 4.80. The third-order valence-electron chi connectivity index (χ3n) is 2.81. The smallest absolute Gasteiger partial charge is 0.0131 e. The Hall–Kier alpha value is 0.0800. The van der Waals surface area contributed by atoms with Crippen LogP contribution in [0.15, 0.2) is 12.1 Å². The minimum Gasteiger partial charge on any atom is -0.0933 e. The molecule has 1 aromatic rings. The van der Waals surface area contributed by atoms with Crippen molar-refractivity contribution in [2.24, 2.45) is 0 Å². The lowest BCUT2D eigenvalue weighted by atomic mass is 9.87. The molecular weight excluding hydrogens is 218 g/mol. The number of hydrogen-bond donors (Lipinski definition) is 0. The average Bonchev–Trinajstić information content (AvgIpc) is 2.16. The van der Waals surface area contributed by atoms with E-state index in [1.165, 1.54) is 11.1 Å². The van der Waals surface area contributed by atoms with Crippen molar-refractivity contribution in [3.05, 3.63) is 23.3 Å². The molecule has 2 atom stereocenters. The van der Waals surface area contributed by atoms with E-state index in [0.717, 1.165) is 17.2 Å². The van der Waals surface area contributed by atoms with E-state index in [2.05, 4.69) is 53.2 Å². The quantitative estimate of drug-likeness (QED) is 0.697. The number of hydrogen-bond acceptors (Lipinski definition) is 0. The fourth-order valence-corrected chi connectivity index (χ4v) is 3.41. The van der Waals surface area contributed by atoms with Crippen molar-refractivity contribution in [1.29, 1.82) is 0 Å². The summed E-state index contributed by atoms with van der Waals surface area (Å²) < 4.78 is 0. The first-order valence-corrected chi connectivity index (χ1v) is 8.40. The summed E-state index contributed by atoms with van der Waals surface area (Å²) in [6.45, 7) is 13.7. The molecule has 0 radical (unpaired) electrons. The topological polar surface area (TPSA) is 0 Å². The molecule has 0 saturated carbocycles. The van der Waals surface area contributed by atoms with Crippen LogP contribution < -0.4 is 10.6 Å². The second-order valence-electron chi connectivity index (χ2n) is 4.95. The van der Waals surface area contributed by atoms with Crippen molar-refractivity contribution in [1.82, 2.24) is 0 Å². The Bertz CT molecular complexity index is 323. The molecule has 0 nitrogen and oxygen atoms in total. The lowest BCUT2D eigenvalue weighted by molar-refractivity contribution is 0.591. The minimum atomic E-state index is 0.274. The molecule has 0 saturated heterocycles. The second kappa shape index (κ2) is 4.94. The van der Waals surface area contributed by atoms with Crippen LogP contribution in [0.25, 0.3) is 0 Å². The van der Waals surface area contributed by atoms with E-state index < -0.39 is 0 Å². The van der Waals surface area contributed by atoms with Gasteiger partial charge in [-0.1, -0.05) is 50.1 Å². The fraction of sp³-hybridized carbons (Fsp3) is 0.538. The molecule has 1 aromatic carbocycles. The summed E-state index contributed by atoms with van der Waals surface area (Å²) in [5, 5.41) is 3.10. The van der Waals surface area contributed by atoms with E-state index >= 15 is 0 Å². The third kappa shape index (κ3) is 3.02. The van der Waals surface area contributed by atoms with Crippen LogP contribution in [0.2, 0.25) is 0 Å². The first-order chi connectivity index (χ1) is 6.90. The highest BCUT2D eigenvalue weighted by atomic mass is 31.1. The molecule has 2 heteroatoms. The lowest BCUT2D eigenvalue weighted by Crippen LogP contribution is -2.20. The normalized spacial score (nSPS) is 13.5. The van der Waals surface area contributed by atoms with E-state index in [4.69, 9.17) is 0 Å². The van der Waals surface area contributed by atoms with Gasteiger partial charge in [0.1, 0.15) is 0 Å². The average molecular weight is 240 g/mol. The van der Waals surface area contributed by atoms with Gasteiger partial charge in [-0.15, -0.1) is 0 Å². The van der Waals surface area contributed by atoms with E-state index in [1.54, 1.807) is 10.6 Å². The molecule has 0 amide bonds. The van der Waals surface area contributed by atoms with Crippen LogP contribution in [0.4, 0.5) is 0 Å². The largest absolute Gasteiger partial charge is 0.0933 e. The zero-order chi connectivity index (χ0) is 11.6. The molecule has 0 heterocycles. The van der Waals surface area contributed by atoms with Gasteiger partial charge < -0.3 is 0 Å². The summed E-state index contributed by atoms with van der Waals surface area (Å²) in [4.78, 5) is 0. The maximum Gasteiger partial charge on any atom is -0.0131 e. The number of rotatable bonds is 2.